The van der Waals surface area contributed by atoms with Crippen molar-refractivity contribution in [3.05, 3.63) is 0 Å². The van der Waals surface area contributed by atoms with Crippen LogP contribution in [0.1, 0.15) is 32.6 Å². The topological polar surface area (TPSA) is 44.7 Å². The van der Waals surface area contributed by atoms with Gasteiger partial charge in [0.1, 0.15) is 0 Å². The molecule has 0 saturated carbocycles. The predicted octanol–water partition coefficient (Wildman–Crippen LogP) is 0.848. The van der Waals surface area contributed by atoms with Gasteiger partial charge in [-0.1, -0.05) is 13.3 Å². The van der Waals surface area contributed by atoms with Crippen LogP contribution in [0.2, 0.25) is 0 Å². The van der Waals surface area contributed by atoms with E-state index in [0.717, 1.165) is 32.6 Å². The SMILES string of the molecule is CCCN(CC(O)COC)CC1CCCCN1. The number of hydrogen-bond acceptors (Lipinski definition) is 4. The standard InChI is InChI=1S/C13H28N2O2/c1-3-8-15(10-13(16)11-17-2)9-12-6-4-5-7-14-12/h12-14,16H,3-11H2,1-2H3. The van der Waals surface area contributed by atoms with Crippen molar-refractivity contribution in [2.45, 2.75) is 44.8 Å². The quantitative estimate of drug-likeness (QED) is 0.664. The molecule has 1 aliphatic rings. The fourth-order valence-corrected chi connectivity index (χ4v) is 2.51. The van der Waals surface area contributed by atoms with Gasteiger partial charge in [-0.3, -0.25) is 4.90 Å². The van der Waals surface area contributed by atoms with Crippen LogP contribution in [-0.2, 0) is 4.74 Å². The van der Waals surface area contributed by atoms with Gasteiger partial charge >= 0.3 is 0 Å². The van der Waals surface area contributed by atoms with E-state index in [1.807, 2.05) is 0 Å². The zero-order chi connectivity index (χ0) is 12.5. The molecule has 1 fully saturated rings. The zero-order valence-corrected chi connectivity index (χ0v) is 11.3. The summed E-state index contributed by atoms with van der Waals surface area (Å²) in [6, 6.07) is 0.602. The minimum absolute atomic E-state index is 0.366. The van der Waals surface area contributed by atoms with Gasteiger partial charge in [-0.2, -0.15) is 0 Å². The molecule has 1 saturated heterocycles. The molecule has 0 spiro atoms. The minimum Gasteiger partial charge on any atom is -0.389 e. The molecule has 2 N–H and O–H groups in total. The molecule has 4 nitrogen and oxygen atoms in total. The molecule has 0 aliphatic carbocycles. The Labute approximate surface area is 105 Å². The summed E-state index contributed by atoms with van der Waals surface area (Å²) < 4.78 is 4.98. The number of methoxy groups -OCH3 is 1. The Morgan fingerprint density at radius 3 is 2.88 bits per heavy atom. The molecule has 0 amide bonds. The first-order valence-corrected chi connectivity index (χ1v) is 6.89. The summed E-state index contributed by atoms with van der Waals surface area (Å²) in [5.41, 5.74) is 0. The molecule has 2 atom stereocenters. The Morgan fingerprint density at radius 1 is 1.47 bits per heavy atom. The molecule has 4 heteroatoms. The highest BCUT2D eigenvalue weighted by Gasteiger charge is 2.18. The van der Waals surface area contributed by atoms with Crippen molar-refractivity contribution in [1.29, 1.82) is 0 Å². The van der Waals surface area contributed by atoms with Gasteiger partial charge in [-0.25, -0.2) is 0 Å². The average Bonchev–Trinajstić information content (AvgIpc) is 2.31. The number of rotatable bonds is 8. The van der Waals surface area contributed by atoms with Crippen LogP contribution < -0.4 is 5.32 Å². The molecular weight excluding hydrogens is 216 g/mol. The van der Waals surface area contributed by atoms with Crippen LogP contribution in [0.15, 0.2) is 0 Å². The molecule has 1 heterocycles. The molecule has 102 valence electrons. The van der Waals surface area contributed by atoms with Crippen molar-refractivity contribution in [2.75, 3.05) is 39.9 Å². The first kappa shape index (κ1) is 14.9. The van der Waals surface area contributed by atoms with Gasteiger partial charge in [0.2, 0.25) is 0 Å². The Bertz CT molecular complexity index is 184. The van der Waals surface area contributed by atoms with Crippen molar-refractivity contribution >= 4 is 0 Å². The van der Waals surface area contributed by atoms with Gasteiger partial charge in [0.25, 0.3) is 0 Å². The van der Waals surface area contributed by atoms with Crippen LogP contribution in [0.5, 0.6) is 0 Å². The summed E-state index contributed by atoms with van der Waals surface area (Å²) in [5.74, 6) is 0. The van der Waals surface area contributed by atoms with Crippen LogP contribution in [0, 0.1) is 0 Å². The van der Waals surface area contributed by atoms with Gasteiger partial charge in [0, 0.05) is 26.2 Å². The lowest BCUT2D eigenvalue weighted by Crippen LogP contribution is -2.46. The van der Waals surface area contributed by atoms with E-state index in [-0.39, 0.29) is 6.10 Å². The normalized spacial score (nSPS) is 22.9. The van der Waals surface area contributed by atoms with Crippen molar-refractivity contribution in [3.63, 3.8) is 0 Å². The largest absolute Gasteiger partial charge is 0.389 e. The average molecular weight is 244 g/mol. The molecule has 0 aromatic heterocycles. The highest BCUT2D eigenvalue weighted by Crippen LogP contribution is 2.09. The van der Waals surface area contributed by atoms with E-state index in [1.54, 1.807) is 7.11 Å². The third-order valence-electron chi connectivity index (χ3n) is 3.26. The fourth-order valence-electron chi connectivity index (χ4n) is 2.51. The summed E-state index contributed by atoms with van der Waals surface area (Å²) in [6.45, 7) is 6.58. The van der Waals surface area contributed by atoms with Crippen LogP contribution in [0.4, 0.5) is 0 Å². The molecule has 0 aromatic carbocycles. The number of hydrogen-bond donors (Lipinski definition) is 2. The first-order chi connectivity index (χ1) is 8.26. The van der Waals surface area contributed by atoms with E-state index in [4.69, 9.17) is 4.74 Å². The minimum atomic E-state index is -0.366. The second kappa shape index (κ2) is 8.86. The Hall–Kier alpha value is -0.160. The van der Waals surface area contributed by atoms with Crippen molar-refractivity contribution in [1.82, 2.24) is 10.2 Å². The van der Waals surface area contributed by atoms with Crippen LogP contribution in [0.3, 0.4) is 0 Å². The Morgan fingerprint density at radius 2 is 2.29 bits per heavy atom. The maximum absolute atomic E-state index is 9.79. The van der Waals surface area contributed by atoms with Gasteiger partial charge in [0.15, 0.2) is 0 Å². The van der Waals surface area contributed by atoms with Gasteiger partial charge < -0.3 is 15.2 Å². The second-order valence-corrected chi connectivity index (χ2v) is 5.02. The van der Waals surface area contributed by atoms with Crippen molar-refractivity contribution < 1.29 is 9.84 Å². The molecule has 17 heavy (non-hydrogen) atoms. The first-order valence-electron chi connectivity index (χ1n) is 6.89. The Balaban J connectivity index is 2.30. The van der Waals surface area contributed by atoms with E-state index in [9.17, 15) is 5.11 Å². The van der Waals surface area contributed by atoms with E-state index in [0.29, 0.717) is 12.6 Å². The van der Waals surface area contributed by atoms with E-state index >= 15 is 0 Å². The highest BCUT2D eigenvalue weighted by molar-refractivity contribution is 4.77. The van der Waals surface area contributed by atoms with E-state index in [1.165, 1.54) is 19.3 Å². The summed E-state index contributed by atoms with van der Waals surface area (Å²) in [5, 5.41) is 13.3. The molecule has 2 unspecified atom stereocenters. The number of ether oxygens (including phenoxy) is 1. The van der Waals surface area contributed by atoms with Gasteiger partial charge in [-0.05, 0) is 32.4 Å². The lowest BCUT2D eigenvalue weighted by atomic mass is 10.0. The summed E-state index contributed by atoms with van der Waals surface area (Å²) >= 11 is 0. The molecule has 0 bridgehead atoms. The third-order valence-corrected chi connectivity index (χ3v) is 3.26. The predicted molar refractivity (Wildman–Crippen MR) is 70.3 cm³/mol. The number of aliphatic hydroxyl groups excluding tert-OH is 1. The number of aliphatic hydroxyl groups is 1. The number of nitrogens with one attached hydrogen (secondary N) is 1. The summed E-state index contributed by atoms with van der Waals surface area (Å²) in [4.78, 5) is 2.35. The van der Waals surface area contributed by atoms with Gasteiger partial charge in [-0.15, -0.1) is 0 Å². The molecule has 0 aromatic rings. The molecule has 1 rings (SSSR count). The monoisotopic (exact) mass is 244 g/mol. The third kappa shape index (κ3) is 6.36. The number of piperidine rings is 1. The van der Waals surface area contributed by atoms with E-state index < -0.39 is 0 Å². The second-order valence-electron chi connectivity index (χ2n) is 5.02. The number of nitrogens with zero attached hydrogens (tertiary/aromatic N) is 1. The van der Waals surface area contributed by atoms with Gasteiger partial charge in [0.05, 0.1) is 12.7 Å². The lowest BCUT2D eigenvalue weighted by Gasteiger charge is -2.31. The van der Waals surface area contributed by atoms with Crippen molar-refractivity contribution in [3.8, 4) is 0 Å². The zero-order valence-electron chi connectivity index (χ0n) is 11.3. The smallest absolute Gasteiger partial charge is 0.0900 e. The Kier molecular flexibility index (Phi) is 7.77. The summed E-state index contributed by atoms with van der Waals surface area (Å²) in [6.07, 6.45) is 4.66. The van der Waals surface area contributed by atoms with Crippen LogP contribution >= 0.6 is 0 Å². The van der Waals surface area contributed by atoms with Crippen LogP contribution in [0.25, 0.3) is 0 Å². The maximum atomic E-state index is 9.79. The van der Waals surface area contributed by atoms with Crippen molar-refractivity contribution in [2.24, 2.45) is 0 Å². The van der Waals surface area contributed by atoms with E-state index in [2.05, 4.69) is 17.1 Å². The highest BCUT2D eigenvalue weighted by atomic mass is 16.5. The lowest BCUT2D eigenvalue weighted by molar-refractivity contribution is 0.0348. The maximum Gasteiger partial charge on any atom is 0.0900 e. The molecule has 0 radical (unpaired) electrons. The van der Waals surface area contributed by atoms with Crippen LogP contribution in [-0.4, -0.2) is 62.0 Å². The fraction of sp³-hybridized carbons (Fsp3) is 1.00. The summed E-state index contributed by atoms with van der Waals surface area (Å²) in [7, 11) is 1.63. The molecular formula is C13H28N2O2. The molecule has 1 aliphatic heterocycles.